The minimum atomic E-state index is -0.516. The number of nitrogens with zero attached hydrogens (tertiary/aromatic N) is 3. The number of nitro groups is 1. The summed E-state index contributed by atoms with van der Waals surface area (Å²) in [5.41, 5.74) is 2.99. The molecule has 0 radical (unpaired) electrons. The van der Waals surface area contributed by atoms with Gasteiger partial charge < -0.3 is 5.32 Å². The van der Waals surface area contributed by atoms with E-state index in [1.54, 1.807) is 12.1 Å². The van der Waals surface area contributed by atoms with Crippen LogP contribution < -0.4 is 10.7 Å². The molecule has 1 aromatic heterocycles. The van der Waals surface area contributed by atoms with Crippen LogP contribution in [0.1, 0.15) is 16.1 Å². The van der Waals surface area contributed by atoms with Gasteiger partial charge in [0.2, 0.25) is 0 Å². The lowest BCUT2D eigenvalue weighted by Crippen LogP contribution is -2.35. The van der Waals surface area contributed by atoms with E-state index in [1.807, 2.05) is 0 Å². The average Bonchev–Trinajstić information content (AvgIpc) is 2.61. The van der Waals surface area contributed by atoms with Gasteiger partial charge in [-0.1, -0.05) is 6.07 Å². The van der Waals surface area contributed by atoms with Gasteiger partial charge in [-0.15, -0.1) is 0 Å². The summed E-state index contributed by atoms with van der Waals surface area (Å²) in [5.74, 6) is -0.984. The average molecular weight is 327 g/mol. The summed E-state index contributed by atoms with van der Waals surface area (Å²) in [6.45, 7) is -0.257. The standard InChI is InChI=1S/C15H13N5O4/c21-14(10-17-15(22)13-3-1-2-8-16-13)19-18-9-11-4-6-12(7-5-11)20(23)24/h1-9H,10H2,(H,17,22)(H,19,21)/b18-9+. The van der Waals surface area contributed by atoms with Crippen LogP contribution in [0.4, 0.5) is 5.69 Å². The molecule has 0 aliphatic heterocycles. The summed E-state index contributed by atoms with van der Waals surface area (Å²) < 4.78 is 0. The van der Waals surface area contributed by atoms with Gasteiger partial charge in [0.1, 0.15) is 5.69 Å². The van der Waals surface area contributed by atoms with Gasteiger partial charge in [0.05, 0.1) is 17.7 Å². The molecule has 122 valence electrons. The van der Waals surface area contributed by atoms with E-state index in [1.165, 1.54) is 42.7 Å². The van der Waals surface area contributed by atoms with Crippen LogP contribution in [-0.4, -0.2) is 34.5 Å². The molecule has 24 heavy (non-hydrogen) atoms. The van der Waals surface area contributed by atoms with Crippen molar-refractivity contribution in [2.45, 2.75) is 0 Å². The highest BCUT2D eigenvalue weighted by molar-refractivity contribution is 5.94. The second-order valence-corrected chi connectivity index (χ2v) is 4.54. The molecule has 0 fully saturated rings. The first-order chi connectivity index (χ1) is 11.6. The number of amides is 2. The van der Waals surface area contributed by atoms with Gasteiger partial charge in [0.25, 0.3) is 17.5 Å². The Labute approximate surface area is 136 Å². The first-order valence-corrected chi connectivity index (χ1v) is 6.82. The Kier molecular flexibility index (Phi) is 5.67. The largest absolute Gasteiger partial charge is 0.342 e. The second kappa shape index (κ2) is 8.13. The molecular formula is C15H13N5O4. The maximum atomic E-state index is 11.7. The van der Waals surface area contributed by atoms with Crippen LogP contribution in [0.15, 0.2) is 53.8 Å². The number of non-ortho nitro benzene ring substituents is 1. The van der Waals surface area contributed by atoms with E-state index in [0.717, 1.165) is 0 Å². The lowest BCUT2D eigenvalue weighted by atomic mass is 10.2. The molecule has 0 spiro atoms. The third kappa shape index (κ3) is 4.98. The van der Waals surface area contributed by atoms with Crippen LogP contribution in [0.2, 0.25) is 0 Å². The number of benzene rings is 1. The summed E-state index contributed by atoms with van der Waals surface area (Å²) in [6, 6.07) is 10.5. The van der Waals surface area contributed by atoms with Gasteiger partial charge in [-0.2, -0.15) is 5.10 Å². The predicted octanol–water partition coefficient (Wildman–Crippen LogP) is 0.870. The number of hydrogen-bond acceptors (Lipinski definition) is 6. The Balaban J connectivity index is 1.78. The van der Waals surface area contributed by atoms with Crippen LogP contribution in [-0.2, 0) is 4.79 Å². The SMILES string of the molecule is O=C(CNC(=O)c1ccccn1)N/N=C/c1ccc([N+](=O)[O-])cc1. The Hall–Kier alpha value is -3.62. The highest BCUT2D eigenvalue weighted by Gasteiger charge is 2.08. The van der Waals surface area contributed by atoms with E-state index in [2.05, 4.69) is 20.8 Å². The van der Waals surface area contributed by atoms with Crippen molar-refractivity contribution < 1.29 is 14.5 Å². The molecule has 9 nitrogen and oxygen atoms in total. The zero-order chi connectivity index (χ0) is 17.4. The Bertz CT molecular complexity index is 759. The molecule has 0 unspecified atom stereocenters. The number of carbonyl (C=O) groups is 2. The molecule has 9 heteroatoms. The first kappa shape index (κ1) is 16.7. The van der Waals surface area contributed by atoms with Crippen LogP contribution in [0.3, 0.4) is 0 Å². The lowest BCUT2D eigenvalue weighted by molar-refractivity contribution is -0.384. The van der Waals surface area contributed by atoms with Gasteiger partial charge in [-0.25, -0.2) is 5.43 Å². The van der Waals surface area contributed by atoms with Gasteiger partial charge in [-0.3, -0.25) is 24.7 Å². The van der Waals surface area contributed by atoms with Crippen LogP contribution in [0, 0.1) is 10.1 Å². The molecular weight excluding hydrogens is 314 g/mol. The van der Waals surface area contributed by atoms with Gasteiger partial charge in [-0.05, 0) is 29.8 Å². The smallest absolute Gasteiger partial charge is 0.270 e. The lowest BCUT2D eigenvalue weighted by Gasteiger charge is -2.03. The van der Waals surface area contributed by atoms with Crippen molar-refractivity contribution in [2.75, 3.05) is 6.54 Å². The molecule has 0 aliphatic carbocycles. The molecule has 1 heterocycles. The maximum Gasteiger partial charge on any atom is 0.270 e. The number of hydrazone groups is 1. The molecule has 2 aromatic rings. The fourth-order valence-electron chi connectivity index (χ4n) is 1.65. The summed E-state index contributed by atoms with van der Waals surface area (Å²) >= 11 is 0. The highest BCUT2D eigenvalue weighted by atomic mass is 16.6. The van der Waals surface area contributed by atoms with Crippen molar-refractivity contribution >= 4 is 23.7 Å². The van der Waals surface area contributed by atoms with Crippen molar-refractivity contribution in [2.24, 2.45) is 5.10 Å². The molecule has 1 aromatic carbocycles. The summed E-state index contributed by atoms with van der Waals surface area (Å²) in [5, 5.41) is 16.6. The maximum absolute atomic E-state index is 11.7. The summed E-state index contributed by atoms with van der Waals surface area (Å²) in [4.78, 5) is 37.1. The predicted molar refractivity (Wildman–Crippen MR) is 85.4 cm³/mol. The summed E-state index contributed by atoms with van der Waals surface area (Å²) in [6.07, 6.45) is 2.81. The zero-order valence-electron chi connectivity index (χ0n) is 12.4. The van der Waals surface area contributed by atoms with Gasteiger partial charge in [0.15, 0.2) is 0 Å². The number of nitrogens with one attached hydrogen (secondary N) is 2. The van der Waals surface area contributed by atoms with E-state index in [9.17, 15) is 19.7 Å². The number of hydrogen-bond donors (Lipinski definition) is 2. The fraction of sp³-hybridized carbons (Fsp3) is 0.0667. The fourth-order valence-corrected chi connectivity index (χ4v) is 1.65. The summed E-state index contributed by atoms with van der Waals surface area (Å²) in [7, 11) is 0. The zero-order valence-corrected chi connectivity index (χ0v) is 12.4. The Morgan fingerprint density at radius 1 is 1.21 bits per heavy atom. The highest BCUT2D eigenvalue weighted by Crippen LogP contribution is 2.10. The molecule has 2 amide bonds. The Morgan fingerprint density at radius 3 is 2.58 bits per heavy atom. The Morgan fingerprint density at radius 2 is 1.96 bits per heavy atom. The van der Waals surface area contributed by atoms with E-state index >= 15 is 0 Å². The van der Waals surface area contributed by atoms with Crippen LogP contribution in [0.25, 0.3) is 0 Å². The number of carbonyl (C=O) groups excluding carboxylic acids is 2. The van der Waals surface area contributed by atoms with E-state index in [0.29, 0.717) is 5.56 Å². The number of pyridine rings is 1. The van der Waals surface area contributed by atoms with E-state index < -0.39 is 16.7 Å². The number of nitro benzene ring substituents is 1. The monoisotopic (exact) mass is 327 g/mol. The van der Waals surface area contributed by atoms with Crippen molar-refractivity contribution in [3.63, 3.8) is 0 Å². The quantitative estimate of drug-likeness (QED) is 0.462. The first-order valence-electron chi connectivity index (χ1n) is 6.82. The minimum absolute atomic E-state index is 0.0339. The van der Waals surface area contributed by atoms with Gasteiger partial charge >= 0.3 is 0 Å². The van der Waals surface area contributed by atoms with Crippen molar-refractivity contribution in [1.29, 1.82) is 0 Å². The van der Waals surface area contributed by atoms with Crippen molar-refractivity contribution in [3.8, 4) is 0 Å². The third-order valence-electron chi connectivity index (χ3n) is 2.81. The minimum Gasteiger partial charge on any atom is -0.342 e. The molecule has 0 saturated heterocycles. The van der Waals surface area contributed by atoms with E-state index in [4.69, 9.17) is 0 Å². The van der Waals surface area contributed by atoms with Crippen LogP contribution >= 0.6 is 0 Å². The molecule has 0 aliphatic rings. The van der Waals surface area contributed by atoms with E-state index in [-0.39, 0.29) is 17.9 Å². The second-order valence-electron chi connectivity index (χ2n) is 4.54. The number of aromatic nitrogens is 1. The topological polar surface area (TPSA) is 127 Å². The third-order valence-corrected chi connectivity index (χ3v) is 2.81. The van der Waals surface area contributed by atoms with Crippen LogP contribution in [0.5, 0.6) is 0 Å². The normalized spacial score (nSPS) is 10.3. The molecule has 2 rings (SSSR count). The molecule has 0 saturated carbocycles. The molecule has 2 N–H and O–H groups in total. The molecule has 0 atom stereocenters. The number of rotatable bonds is 6. The van der Waals surface area contributed by atoms with Gasteiger partial charge in [0, 0.05) is 18.3 Å². The van der Waals surface area contributed by atoms with Crippen molar-refractivity contribution in [1.82, 2.24) is 15.7 Å². The van der Waals surface area contributed by atoms with Crippen molar-refractivity contribution in [3.05, 3.63) is 70.0 Å². The molecule has 0 bridgehead atoms.